The molecule has 0 saturated carbocycles. The third kappa shape index (κ3) is 4.43. The quantitative estimate of drug-likeness (QED) is 0.567. The minimum atomic E-state index is -0.356. The Morgan fingerprint density at radius 3 is 1.76 bits per heavy atom. The Balaban J connectivity index is 1.93. The summed E-state index contributed by atoms with van der Waals surface area (Å²) >= 11 is 0. The van der Waals surface area contributed by atoms with Gasteiger partial charge in [0.2, 0.25) is 5.91 Å². The second kappa shape index (κ2) is 9.28. The van der Waals surface area contributed by atoms with Gasteiger partial charge in [-0.1, -0.05) is 66.7 Å². The molecule has 0 saturated heterocycles. The molecule has 3 aromatic carbocycles. The normalized spacial score (nSPS) is 11.8. The molecule has 4 nitrogen and oxygen atoms in total. The number of benzene rings is 3. The molecule has 0 bridgehead atoms. The van der Waals surface area contributed by atoms with Crippen LogP contribution in [0.25, 0.3) is 0 Å². The van der Waals surface area contributed by atoms with Gasteiger partial charge in [-0.05, 0) is 35.7 Å². The Bertz CT molecular complexity index is 901. The number of carbonyl (C=O) groups excluding carboxylic acids is 1. The summed E-state index contributed by atoms with van der Waals surface area (Å²) < 4.78 is 10.8. The predicted octanol–water partition coefficient (Wildman–Crippen LogP) is 5.06. The van der Waals surface area contributed by atoms with Gasteiger partial charge in [0.15, 0.2) is 11.5 Å². The molecule has 0 aliphatic carbocycles. The highest BCUT2D eigenvalue weighted by molar-refractivity contribution is 5.87. The number of likely N-dealkylation sites (N-methyl/N-ethyl adjacent to an activating group) is 1. The average molecular weight is 389 g/mol. The maximum atomic E-state index is 13.6. The summed E-state index contributed by atoms with van der Waals surface area (Å²) in [6, 6.07) is 25.5. The van der Waals surface area contributed by atoms with E-state index in [2.05, 4.69) is 0 Å². The summed E-state index contributed by atoms with van der Waals surface area (Å²) in [6.45, 7) is 2.02. The number of ether oxygens (including phenoxy) is 2. The fourth-order valence-electron chi connectivity index (χ4n) is 3.50. The van der Waals surface area contributed by atoms with E-state index in [1.54, 1.807) is 19.1 Å². The van der Waals surface area contributed by atoms with E-state index in [0.717, 1.165) is 16.7 Å². The number of hydrogen-bond acceptors (Lipinski definition) is 3. The minimum absolute atomic E-state index is 0.0460. The van der Waals surface area contributed by atoms with Crippen LogP contribution in [-0.4, -0.2) is 32.1 Å². The first-order valence-electron chi connectivity index (χ1n) is 9.65. The third-order valence-corrected chi connectivity index (χ3v) is 5.33. The fourth-order valence-corrected chi connectivity index (χ4v) is 3.50. The van der Waals surface area contributed by atoms with Crippen LogP contribution in [0.1, 0.15) is 35.6 Å². The first-order chi connectivity index (χ1) is 14.1. The van der Waals surface area contributed by atoms with E-state index in [1.807, 2.05) is 92.8 Å². The highest BCUT2D eigenvalue weighted by atomic mass is 16.5. The minimum Gasteiger partial charge on any atom is -0.493 e. The molecule has 0 fully saturated rings. The Morgan fingerprint density at radius 1 is 0.759 bits per heavy atom. The first-order valence-corrected chi connectivity index (χ1v) is 9.65. The molecule has 1 atom stereocenters. The van der Waals surface area contributed by atoms with Crippen LogP contribution in [0.2, 0.25) is 0 Å². The zero-order valence-corrected chi connectivity index (χ0v) is 17.3. The van der Waals surface area contributed by atoms with Crippen molar-refractivity contribution in [3.8, 4) is 11.5 Å². The van der Waals surface area contributed by atoms with Gasteiger partial charge in [-0.3, -0.25) is 4.79 Å². The molecule has 3 rings (SSSR count). The van der Waals surface area contributed by atoms with E-state index >= 15 is 0 Å². The van der Waals surface area contributed by atoms with Gasteiger partial charge in [0.05, 0.1) is 26.2 Å². The van der Waals surface area contributed by atoms with Crippen molar-refractivity contribution < 1.29 is 14.3 Å². The lowest BCUT2D eigenvalue weighted by atomic mass is 9.89. The van der Waals surface area contributed by atoms with Gasteiger partial charge < -0.3 is 14.4 Å². The number of methoxy groups -OCH3 is 2. The van der Waals surface area contributed by atoms with Crippen LogP contribution >= 0.6 is 0 Å². The number of hydrogen-bond donors (Lipinski definition) is 0. The lowest BCUT2D eigenvalue weighted by Crippen LogP contribution is -2.34. The van der Waals surface area contributed by atoms with Crippen molar-refractivity contribution >= 4 is 5.91 Å². The highest BCUT2D eigenvalue weighted by Crippen LogP contribution is 2.34. The van der Waals surface area contributed by atoms with Crippen molar-refractivity contribution in [1.82, 2.24) is 4.90 Å². The standard InChI is InChI=1S/C25H27NO3/c1-18(21-15-16-22(28-3)23(17-21)29-4)26(2)25(27)24(19-11-7-5-8-12-19)20-13-9-6-10-14-20/h5-18,24H,1-4H3. The zero-order valence-electron chi connectivity index (χ0n) is 17.3. The van der Waals surface area contributed by atoms with Gasteiger partial charge in [0.25, 0.3) is 0 Å². The molecule has 0 aliphatic heterocycles. The predicted molar refractivity (Wildman–Crippen MR) is 115 cm³/mol. The smallest absolute Gasteiger partial charge is 0.234 e. The van der Waals surface area contributed by atoms with E-state index in [9.17, 15) is 4.79 Å². The zero-order chi connectivity index (χ0) is 20.8. The lowest BCUT2D eigenvalue weighted by molar-refractivity contribution is -0.132. The van der Waals surface area contributed by atoms with Gasteiger partial charge in [-0.15, -0.1) is 0 Å². The van der Waals surface area contributed by atoms with E-state index in [4.69, 9.17) is 9.47 Å². The van der Waals surface area contributed by atoms with Crippen molar-refractivity contribution in [2.24, 2.45) is 0 Å². The molecule has 0 heterocycles. The third-order valence-electron chi connectivity index (χ3n) is 5.33. The van der Waals surface area contributed by atoms with Crippen LogP contribution in [0.3, 0.4) is 0 Å². The van der Waals surface area contributed by atoms with E-state index in [1.165, 1.54) is 0 Å². The van der Waals surface area contributed by atoms with Crippen molar-refractivity contribution in [1.29, 1.82) is 0 Å². The molecular formula is C25H27NO3. The molecule has 1 unspecified atom stereocenters. The summed E-state index contributed by atoms with van der Waals surface area (Å²) in [5.41, 5.74) is 2.95. The van der Waals surface area contributed by atoms with E-state index < -0.39 is 0 Å². The number of rotatable bonds is 7. The SMILES string of the molecule is COc1ccc(C(C)N(C)C(=O)C(c2ccccc2)c2ccccc2)cc1OC. The summed E-state index contributed by atoms with van der Waals surface area (Å²) in [6.07, 6.45) is 0. The first kappa shape index (κ1) is 20.5. The molecule has 1 amide bonds. The maximum Gasteiger partial charge on any atom is 0.234 e. The Morgan fingerprint density at radius 2 is 1.28 bits per heavy atom. The molecule has 29 heavy (non-hydrogen) atoms. The Kier molecular flexibility index (Phi) is 6.55. The Hall–Kier alpha value is -3.27. The monoisotopic (exact) mass is 389 g/mol. The topological polar surface area (TPSA) is 38.8 Å². The van der Waals surface area contributed by atoms with Gasteiger partial charge in [0, 0.05) is 7.05 Å². The molecule has 3 aromatic rings. The molecule has 0 spiro atoms. The van der Waals surface area contributed by atoms with E-state index in [-0.39, 0.29) is 17.9 Å². The number of carbonyl (C=O) groups is 1. The molecular weight excluding hydrogens is 362 g/mol. The second-order valence-corrected chi connectivity index (χ2v) is 6.99. The number of amides is 1. The fraction of sp³-hybridized carbons (Fsp3) is 0.240. The van der Waals surface area contributed by atoms with Crippen LogP contribution in [0.4, 0.5) is 0 Å². The van der Waals surface area contributed by atoms with Crippen molar-refractivity contribution in [3.05, 3.63) is 95.6 Å². The van der Waals surface area contributed by atoms with Crippen molar-refractivity contribution in [2.75, 3.05) is 21.3 Å². The van der Waals surface area contributed by atoms with Crippen LogP contribution in [-0.2, 0) is 4.79 Å². The van der Waals surface area contributed by atoms with Gasteiger partial charge in [-0.2, -0.15) is 0 Å². The molecule has 0 radical (unpaired) electrons. The Labute approximate surface area is 172 Å². The van der Waals surface area contributed by atoms with Crippen LogP contribution in [0.15, 0.2) is 78.9 Å². The molecule has 0 aliphatic rings. The summed E-state index contributed by atoms with van der Waals surface area (Å²) in [5, 5.41) is 0. The highest BCUT2D eigenvalue weighted by Gasteiger charge is 2.28. The van der Waals surface area contributed by atoms with Crippen molar-refractivity contribution in [2.45, 2.75) is 18.9 Å². The second-order valence-electron chi connectivity index (χ2n) is 6.99. The molecule has 0 aromatic heterocycles. The van der Waals surface area contributed by atoms with Crippen LogP contribution < -0.4 is 9.47 Å². The largest absolute Gasteiger partial charge is 0.493 e. The summed E-state index contributed by atoms with van der Waals surface area (Å²) in [4.78, 5) is 15.4. The maximum absolute atomic E-state index is 13.6. The van der Waals surface area contributed by atoms with Gasteiger partial charge in [-0.25, -0.2) is 0 Å². The summed E-state index contributed by atoms with van der Waals surface area (Å²) in [7, 11) is 5.07. The summed E-state index contributed by atoms with van der Waals surface area (Å²) in [5.74, 6) is 1.01. The van der Waals surface area contributed by atoms with Gasteiger partial charge in [0.1, 0.15) is 0 Å². The van der Waals surface area contributed by atoms with Gasteiger partial charge >= 0.3 is 0 Å². The lowest BCUT2D eigenvalue weighted by Gasteiger charge is -2.30. The van der Waals surface area contributed by atoms with Crippen LogP contribution in [0.5, 0.6) is 11.5 Å². The average Bonchev–Trinajstić information content (AvgIpc) is 2.79. The molecule has 0 N–H and O–H groups in total. The van der Waals surface area contributed by atoms with E-state index in [0.29, 0.717) is 11.5 Å². The van der Waals surface area contributed by atoms with Crippen molar-refractivity contribution in [3.63, 3.8) is 0 Å². The van der Waals surface area contributed by atoms with Crippen LogP contribution in [0, 0.1) is 0 Å². The molecule has 150 valence electrons. The molecule has 4 heteroatoms. The number of nitrogens with zero attached hydrogens (tertiary/aromatic N) is 1.